The molecular formula is C12H16F2N2O2. The van der Waals surface area contributed by atoms with Crippen molar-refractivity contribution < 1.29 is 13.7 Å². The van der Waals surface area contributed by atoms with Crippen LogP contribution in [0.4, 0.5) is 20.2 Å². The molecule has 1 aromatic rings. The van der Waals surface area contributed by atoms with E-state index in [2.05, 4.69) is 12.2 Å². The minimum absolute atomic E-state index is 0.0281. The Balaban J connectivity index is 2.65. The Kier molecular flexibility index (Phi) is 5.48. The molecule has 0 amide bonds. The third-order valence-corrected chi connectivity index (χ3v) is 2.58. The fraction of sp³-hybridized carbons (Fsp3) is 0.500. The second-order valence-corrected chi connectivity index (χ2v) is 4.03. The molecule has 0 fully saturated rings. The van der Waals surface area contributed by atoms with Gasteiger partial charge in [0.25, 0.3) is 0 Å². The molecule has 0 aliphatic carbocycles. The number of benzene rings is 1. The zero-order valence-corrected chi connectivity index (χ0v) is 10.2. The predicted molar refractivity (Wildman–Crippen MR) is 65.6 cm³/mol. The van der Waals surface area contributed by atoms with Gasteiger partial charge in [-0.3, -0.25) is 10.1 Å². The van der Waals surface area contributed by atoms with Gasteiger partial charge in [-0.2, -0.15) is 4.39 Å². The van der Waals surface area contributed by atoms with Crippen LogP contribution in [0.15, 0.2) is 12.1 Å². The van der Waals surface area contributed by atoms with Gasteiger partial charge in [0, 0.05) is 18.7 Å². The third kappa shape index (κ3) is 3.94. The third-order valence-electron chi connectivity index (χ3n) is 2.58. The molecule has 0 unspecified atom stereocenters. The monoisotopic (exact) mass is 258 g/mol. The molecule has 0 atom stereocenters. The van der Waals surface area contributed by atoms with Gasteiger partial charge >= 0.3 is 5.69 Å². The van der Waals surface area contributed by atoms with E-state index >= 15 is 0 Å². The van der Waals surface area contributed by atoms with Crippen LogP contribution in [0.2, 0.25) is 0 Å². The Hall–Kier alpha value is -1.72. The summed E-state index contributed by atoms with van der Waals surface area (Å²) in [6.45, 7) is 2.59. The van der Waals surface area contributed by atoms with Crippen molar-refractivity contribution in [1.29, 1.82) is 0 Å². The number of unbranched alkanes of at least 4 members (excludes halogenated alkanes) is 3. The van der Waals surface area contributed by atoms with E-state index in [1.807, 2.05) is 0 Å². The van der Waals surface area contributed by atoms with E-state index in [-0.39, 0.29) is 5.69 Å². The van der Waals surface area contributed by atoms with Crippen LogP contribution < -0.4 is 5.32 Å². The zero-order valence-electron chi connectivity index (χ0n) is 10.2. The molecule has 0 saturated heterocycles. The fourth-order valence-corrected chi connectivity index (χ4v) is 1.59. The smallest absolute Gasteiger partial charge is 0.307 e. The summed E-state index contributed by atoms with van der Waals surface area (Å²) in [4.78, 5) is 9.65. The van der Waals surface area contributed by atoms with Crippen molar-refractivity contribution >= 4 is 11.4 Å². The Morgan fingerprint density at radius 1 is 1.22 bits per heavy atom. The van der Waals surface area contributed by atoms with Crippen LogP contribution in [0.5, 0.6) is 0 Å². The maximum absolute atomic E-state index is 13.3. The fourth-order valence-electron chi connectivity index (χ4n) is 1.59. The average molecular weight is 258 g/mol. The number of nitro groups is 1. The molecule has 0 radical (unpaired) electrons. The first-order chi connectivity index (χ1) is 8.56. The molecule has 18 heavy (non-hydrogen) atoms. The maximum Gasteiger partial charge on any atom is 0.307 e. The summed E-state index contributed by atoms with van der Waals surface area (Å²) in [5.74, 6) is -1.97. The summed E-state index contributed by atoms with van der Waals surface area (Å²) in [6.07, 6.45) is 4.04. The van der Waals surface area contributed by atoms with Gasteiger partial charge in [0.05, 0.1) is 10.6 Å². The van der Waals surface area contributed by atoms with Gasteiger partial charge in [-0.15, -0.1) is 0 Å². The number of nitro benzene ring substituents is 1. The Labute approximate surface area is 104 Å². The maximum atomic E-state index is 13.3. The molecule has 6 heteroatoms. The average Bonchev–Trinajstić information content (AvgIpc) is 2.30. The Morgan fingerprint density at radius 2 is 1.94 bits per heavy atom. The predicted octanol–water partition coefficient (Wildman–Crippen LogP) is 3.87. The largest absolute Gasteiger partial charge is 0.382 e. The lowest BCUT2D eigenvalue weighted by Crippen LogP contribution is -2.05. The highest BCUT2D eigenvalue weighted by molar-refractivity contribution is 5.53. The molecule has 0 aliphatic heterocycles. The van der Waals surface area contributed by atoms with Crippen molar-refractivity contribution in [3.8, 4) is 0 Å². The lowest BCUT2D eigenvalue weighted by molar-refractivity contribution is -0.387. The van der Waals surface area contributed by atoms with Gasteiger partial charge < -0.3 is 5.32 Å². The highest BCUT2D eigenvalue weighted by Crippen LogP contribution is 2.25. The Bertz CT molecular complexity index is 425. The SMILES string of the molecule is CCCCCCNc1cc([N+](=O)[O-])c(F)cc1F. The van der Waals surface area contributed by atoms with Gasteiger partial charge in [-0.05, 0) is 6.42 Å². The van der Waals surface area contributed by atoms with E-state index in [1.54, 1.807) is 0 Å². The second-order valence-electron chi connectivity index (χ2n) is 4.03. The highest BCUT2D eigenvalue weighted by Gasteiger charge is 2.18. The molecule has 0 heterocycles. The number of nitrogens with one attached hydrogen (secondary N) is 1. The quantitative estimate of drug-likeness (QED) is 0.459. The van der Waals surface area contributed by atoms with E-state index in [1.165, 1.54) is 0 Å². The van der Waals surface area contributed by atoms with Gasteiger partial charge in [0.2, 0.25) is 5.82 Å². The second kappa shape index (κ2) is 6.88. The van der Waals surface area contributed by atoms with Crippen molar-refractivity contribution in [2.45, 2.75) is 32.6 Å². The lowest BCUT2D eigenvalue weighted by Gasteiger charge is -2.07. The molecule has 0 spiro atoms. The lowest BCUT2D eigenvalue weighted by atomic mass is 10.2. The van der Waals surface area contributed by atoms with Crippen LogP contribution in [0.1, 0.15) is 32.6 Å². The number of hydrogen-bond acceptors (Lipinski definition) is 3. The van der Waals surface area contributed by atoms with Gasteiger partial charge in [-0.25, -0.2) is 4.39 Å². The molecule has 0 bridgehead atoms. The number of rotatable bonds is 7. The molecule has 100 valence electrons. The molecular weight excluding hydrogens is 242 g/mol. The minimum Gasteiger partial charge on any atom is -0.382 e. The standard InChI is InChI=1S/C12H16F2N2O2/c1-2-3-4-5-6-15-11-8-12(16(17)18)10(14)7-9(11)13/h7-8,15H,2-6H2,1H3. The first-order valence-corrected chi connectivity index (χ1v) is 5.93. The summed E-state index contributed by atoms with van der Waals surface area (Å²) < 4.78 is 26.4. The topological polar surface area (TPSA) is 55.2 Å². The number of halogens is 2. The van der Waals surface area contributed by atoms with Gasteiger partial charge in [0.1, 0.15) is 5.82 Å². The van der Waals surface area contributed by atoms with E-state index < -0.39 is 22.2 Å². The normalized spacial score (nSPS) is 10.4. The zero-order chi connectivity index (χ0) is 13.5. The van der Waals surface area contributed by atoms with E-state index in [0.717, 1.165) is 31.7 Å². The van der Waals surface area contributed by atoms with E-state index in [4.69, 9.17) is 0 Å². The van der Waals surface area contributed by atoms with Crippen LogP contribution >= 0.6 is 0 Å². The van der Waals surface area contributed by atoms with Gasteiger partial charge in [0.15, 0.2) is 0 Å². The molecule has 1 aromatic carbocycles. The van der Waals surface area contributed by atoms with Crippen LogP contribution in [-0.4, -0.2) is 11.5 Å². The van der Waals surface area contributed by atoms with Crippen LogP contribution in [0, 0.1) is 21.7 Å². The van der Waals surface area contributed by atoms with E-state index in [0.29, 0.717) is 12.6 Å². The van der Waals surface area contributed by atoms with Crippen molar-refractivity contribution in [2.75, 3.05) is 11.9 Å². The molecule has 0 saturated carbocycles. The van der Waals surface area contributed by atoms with Crippen LogP contribution in [-0.2, 0) is 0 Å². The van der Waals surface area contributed by atoms with Crippen LogP contribution in [0.3, 0.4) is 0 Å². The number of hydrogen-bond donors (Lipinski definition) is 1. The van der Waals surface area contributed by atoms with Crippen LogP contribution in [0.25, 0.3) is 0 Å². The first kappa shape index (κ1) is 14.3. The molecule has 0 aliphatic rings. The summed E-state index contributed by atoms with van der Waals surface area (Å²) in [5.41, 5.74) is -0.743. The van der Waals surface area contributed by atoms with Crippen molar-refractivity contribution in [3.05, 3.63) is 33.9 Å². The molecule has 1 N–H and O–H groups in total. The minimum atomic E-state index is -1.16. The summed E-state index contributed by atoms with van der Waals surface area (Å²) in [6, 6.07) is 1.43. The van der Waals surface area contributed by atoms with E-state index in [9.17, 15) is 18.9 Å². The summed E-state index contributed by atoms with van der Waals surface area (Å²) >= 11 is 0. The van der Waals surface area contributed by atoms with Crippen molar-refractivity contribution in [1.82, 2.24) is 0 Å². The molecule has 0 aromatic heterocycles. The highest BCUT2D eigenvalue weighted by atomic mass is 19.1. The molecule has 4 nitrogen and oxygen atoms in total. The Morgan fingerprint density at radius 3 is 2.56 bits per heavy atom. The van der Waals surface area contributed by atoms with Crippen molar-refractivity contribution in [2.24, 2.45) is 0 Å². The summed E-state index contributed by atoms with van der Waals surface area (Å²) in [7, 11) is 0. The molecule has 1 rings (SSSR count). The number of anilines is 1. The number of nitrogens with zero attached hydrogens (tertiary/aromatic N) is 1. The van der Waals surface area contributed by atoms with Gasteiger partial charge in [-0.1, -0.05) is 26.2 Å². The first-order valence-electron chi connectivity index (χ1n) is 5.93. The van der Waals surface area contributed by atoms with Crippen molar-refractivity contribution in [3.63, 3.8) is 0 Å². The summed E-state index contributed by atoms with van der Waals surface area (Å²) in [5, 5.41) is 13.3.